The first-order valence-corrected chi connectivity index (χ1v) is 7.74. The summed E-state index contributed by atoms with van der Waals surface area (Å²) in [4.78, 5) is 36.2. The molecule has 2 amide bonds. The number of anilines is 1. The van der Waals surface area contributed by atoms with Crippen molar-refractivity contribution in [1.82, 2.24) is 4.90 Å². The minimum absolute atomic E-state index is 0.271. The van der Waals surface area contributed by atoms with E-state index in [2.05, 4.69) is 10.1 Å². The summed E-state index contributed by atoms with van der Waals surface area (Å²) in [7, 11) is 1.30. The second-order valence-electron chi connectivity index (χ2n) is 5.35. The van der Waals surface area contributed by atoms with E-state index < -0.39 is 16.9 Å². The molecular weight excluding hydrogens is 304 g/mol. The molecule has 1 aliphatic heterocycles. The van der Waals surface area contributed by atoms with E-state index in [0.29, 0.717) is 23.4 Å². The van der Waals surface area contributed by atoms with E-state index in [4.69, 9.17) is 0 Å². The number of esters is 1. The number of amides is 2. The molecule has 1 fully saturated rings. The van der Waals surface area contributed by atoms with Crippen molar-refractivity contribution in [3.8, 4) is 0 Å². The Morgan fingerprint density at radius 1 is 1.45 bits per heavy atom. The van der Waals surface area contributed by atoms with Crippen molar-refractivity contribution in [3.63, 3.8) is 0 Å². The molecule has 0 aliphatic carbocycles. The Kier molecular flexibility index (Phi) is 4.75. The Morgan fingerprint density at radius 3 is 2.82 bits per heavy atom. The normalized spacial score (nSPS) is 19.6. The summed E-state index contributed by atoms with van der Waals surface area (Å²) in [5.74, 6) is -0.204. The van der Waals surface area contributed by atoms with E-state index in [9.17, 15) is 14.4 Å². The average Bonchev–Trinajstić information content (AvgIpc) is 2.81. The summed E-state index contributed by atoms with van der Waals surface area (Å²) in [6.45, 7) is 3.80. The monoisotopic (exact) mass is 322 g/mol. The van der Waals surface area contributed by atoms with Crippen molar-refractivity contribution in [2.24, 2.45) is 0 Å². The molecule has 0 saturated carbocycles. The third-order valence-electron chi connectivity index (χ3n) is 3.52. The van der Waals surface area contributed by atoms with Gasteiger partial charge in [-0.3, -0.25) is 9.59 Å². The third-order valence-corrected chi connectivity index (χ3v) is 4.92. The van der Waals surface area contributed by atoms with E-state index >= 15 is 0 Å². The van der Waals surface area contributed by atoms with Crippen LogP contribution >= 0.6 is 11.8 Å². The molecule has 1 aliphatic rings. The van der Waals surface area contributed by atoms with Gasteiger partial charge in [0.25, 0.3) is 0 Å². The first-order valence-electron chi connectivity index (χ1n) is 6.76. The molecule has 22 heavy (non-hydrogen) atoms. The van der Waals surface area contributed by atoms with Crippen LogP contribution in [0.15, 0.2) is 24.3 Å². The Hall–Kier alpha value is -2.02. The molecule has 1 heterocycles. The number of carbonyl (C=O) groups is 3. The molecular formula is C15H18N2O4S. The number of methoxy groups -OCH3 is 1. The quantitative estimate of drug-likeness (QED) is 0.675. The zero-order chi connectivity index (χ0) is 16.3. The van der Waals surface area contributed by atoms with Crippen LogP contribution in [0, 0.1) is 0 Å². The molecule has 1 saturated heterocycles. The van der Waals surface area contributed by atoms with Gasteiger partial charge in [0.2, 0.25) is 12.3 Å². The van der Waals surface area contributed by atoms with Gasteiger partial charge in [-0.15, -0.1) is 11.8 Å². The highest BCUT2D eigenvalue weighted by Crippen LogP contribution is 2.37. The predicted molar refractivity (Wildman–Crippen MR) is 84.6 cm³/mol. The molecule has 7 heteroatoms. The second kappa shape index (κ2) is 6.39. The second-order valence-corrected chi connectivity index (χ2v) is 6.97. The van der Waals surface area contributed by atoms with Gasteiger partial charge in [0.05, 0.1) is 17.5 Å². The fourth-order valence-electron chi connectivity index (χ4n) is 2.28. The topological polar surface area (TPSA) is 75.7 Å². The van der Waals surface area contributed by atoms with E-state index in [0.717, 1.165) is 0 Å². The summed E-state index contributed by atoms with van der Waals surface area (Å²) in [5, 5.41) is 2.74. The van der Waals surface area contributed by atoms with Gasteiger partial charge in [-0.2, -0.15) is 0 Å². The molecule has 0 bridgehead atoms. The molecule has 0 unspecified atom stereocenters. The van der Waals surface area contributed by atoms with E-state index in [-0.39, 0.29) is 5.91 Å². The van der Waals surface area contributed by atoms with Crippen molar-refractivity contribution in [1.29, 1.82) is 0 Å². The van der Waals surface area contributed by atoms with Gasteiger partial charge >= 0.3 is 5.97 Å². The molecule has 0 spiro atoms. The van der Waals surface area contributed by atoms with Gasteiger partial charge in [0.15, 0.2) is 0 Å². The van der Waals surface area contributed by atoms with Crippen molar-refractivity contribution < 1.29 is 19.1 Å². The van der Waals surface area contributed by atoms with Crippen LogP contribution in [0.4, 0.5) is 5.69 Å². The molecule has 1 N–H and O–H groups in total. The van der Waals surface area contributed by atoms with Crippen LogP contribution in [0.3, 0.4) is 0 Å². The number of nitrogens with one attached hydrogen (secondary N) is 1. The first kappa shape index (κ1) is 16.4. The minimum atomic E-state index is -0.528. The molecule has 6 nitrogen and oxygen atoms in total. The van der Waals surface area contributed by atoms with E-state index in [1.807, 2.05) is 13.8 Å². The summed E-state index contributed by atoms with van der Waals surface area (Å²) in [5.41, 5.74) is 0.849. The number of ether oxygens (including phenoxy) is 1. The van der Waals surface area contributed by atoms with Crippen LogP contribution in [-0.2, 0) is 14.3 Å². The Labute approximate surface area is 133 Å². The SMILES string of the molecule is COC(=O)c1cccc(NC(=O)[C@H]2CSC(C)(C)N2C=O)c1. The summed E-state index contributed by atoms with van der Waals surface area (Å²) >= 11 is 1.55. The standard InChI is InChI=1S/C15H18N2O4S/c1-15(2)17(9-18)12(8-22-15)13(19)16-11-6-4-5-10(7-11)14(20)21-3/h4-7,9,12H,8H2,1-3H3,(H,16,19)/t12-/m1/s1. The lowest BCUT2D eigenvalue weighted by molar-refractivity contribution is -0.130. The molecule has 1 aromatic carbocycles. The van der Waals surface area contributed by atoms with Crippen molar-refractivity contribution in [2.45, 2.75) is 24.8 Å². The number of hydrogen-bond donors (Lipinski definition) is 1. The molecule has 118 valence electrons. The largest absolute Gasteiger partial charge is 0.465 e. The first-order chi connectivity index (χ1) is 10.4. The summed E-state index contributed by atoms with van der Waals surface area (Å²) in [6, 6.07) is 5.96. The molecule has 0 aromatic heterocycles. The number of nitrogens with zero attached hydrogens (tertiary/aromatic N) is 1. The Balaban J connectivity index is 2.13. The van der Waals surface area contributed by atoms with Gasteiger partial charge in [-0.25, -0.2) is 4.79 Å². The Bertz CT molecular complexity index is 603. The lowest BCUT2D eigenvalue weighted by Crippen LogP contribution is -2.47. The number of thioether (sulfide) groups is 1. The molecule has 2 rings (SSSR count). The average molecular weight is 322 g/mol. The smallest absolute Gasteiger partial charge is 0.337 e. The lowest BCUT2D eigenvalue weighted by atomic mass is 10.2. The highest BCUT2D eigenvalue weighted by molar-refractivity contribution is 8.00. The molecule has 1 atom stereocenters. The maximum atomic E-state index is 12.4. The highest BCUT2D eigenvalue weighted by atomic mass is 32.2. The maximum Gasteiger partial charge on any atom is 0.337 e. The fourth-order valence-corrected chi connectivity index (χ4v) is 3.48. The lowest BCUT2D eigenvalue weighted by Gasteiger charge is -2.30. The van der Waals surface area contributed by atoms with Gasteiger partial charge in [-0.05, 0) is 32.0 Å². The van der Waals surface area contributed by atoms with Crippen LogP contribution in [-0.4, -0.2) is 47.0 Å². The Morgan fingerprint density at radius 2 is 2.18 bits per heavy atom. The van der Waals surface area contributed by atoms with Crippen LogP contribution < -0.4 is 5.32 Å². The molecule has 1 aromatic rings. The predicted octanol–water partition coefficient (Wildman–Crippen LogP) is 1.72. The third kappa shape index (κ3) is 3.24. The summed E-state index contributed by atoms with van der Waals surface area (Å²) in [6.07, 6.45) is 0.703. The van der Waals surface area contributed by atoms with Crippen LogP contribution in [0.2, 0.25) is 0 Å². The van der Waals surface area contributed by atoms with Crippen LogP contribution in [0.1, 0.15) is 24.2 Å². The number of rotatable bonds is 4. The van der Waals surface area contributed by atoms with Gasteiger partial charge < -0.3 is 15.0 Å². The van der Waals surface area contributed by atoms with Crippen molar-refractivity contribution in [2.75, 3.05) is 18.2 Å². The van der Waals surface area contributed by atoms with E-state index in [1.54, 1.807) is 36.0 Å². The van der Waals surface area contributed by atoms with Crippen molar-refractivity contribution in [3.05, 3.63) is 29.8 Å². The van der Waals surface area contributed by atoms with Gasteiger partial charge in [-0.1, -0.05) is 6.07 Å². The van der Waals surface area contributed by atoms with Gasteiger partial charge in [0, 0.05) is 11.4 Å². The number of benzene rings is 1. The van der Waals surface area contributed by atoms with E-state index in [1.165, 1.54) is 12.0 Å². The maximum absolute atomic E-state index is 12.4. The number of carbonyl (C=O) groups excluding carboxylic acids is 3. The summed E-state index contributed by atoms with van der Waals surface area (Å²) < 4.78 is 4.65. The van der Waals surface area contributed by atoms with Gasteiger partial charge in [0.1, 0.15) is 6.04 Å². The van der Waals surface area contributed by atoms with Crippen LogP contribution in [0.25, 0.3) is 0 Å². The zero-order valence-corrected chi connectivity index (χ0v) is 13.5. The molecule has 0 radical (unpaired) electrons. The van der Waals surface area contributed by atoms with Crippen molar-refractivity contribution >= 4 is 35.7 Å². The zero-order valence-electron chi connectivity index (χ0n) is 12.7. The highest BCUT2D eigenvalue weighted by Gasteiger charge is 2.42. The van der Waals surface area contributed by atoms with Crippen LogP contribution in [0.5, 0.6) is 0 Å². The fraction of sp³-hybridized carbons (Fsp3) is 0.400. The number of hydrogen-bond acceptors (Lipinski definition) is 5. The minimum Gasteiger partial charge on any atom is -0.465 e.